The first-order chi connectivity index (χ1) is 10.2. The van der Waals surface area contributed by atoms with Gasteiger partial charge in [0, 0.05) is 13.2 Å². The van der Waals surface area contributed by atoms with E-state index < -0.39 is 0 Å². The van der Waals surface area contributed by atoms with Crippen molar-refractivity contribution in [3.8, 4) is 0 Å². The third-order valence-electron chi connectivity index (χ3n) is 4.45. The van der Waals surface area contributed by atoms with E-state index in [1.165, 1.54) is 0 Å². The molecule has 0 unspecified atom stereocenters. The first-order valence-corrected chi connectivity index (χ1v) is 7.55. The highest BCUT2D eigenvalue weighted by molar-refractivity contribution is 6.07. The van der Waals surface area contributed by atoms with Crippen LogP contribution in [0.1, 0.15) is 25.7 Å². The number of hydrogen-bond donors (Lipinski definition) is 1. The number of likely N-dealkylation sites (tertiary alicyclic amines) is 1. The van der Waals surface area contributed by atoms with Crippen molar-refractivity contribution >= 4 is 17.7 Å². The zero-order chi connectivity index (χ0) is 14.8. The van der Waals surface area contributed by atoms with Crippen LogP contribution < -0.4 is 5.32 Å². The van der Waals surface area contributed by atoms with E-state index in [-0.39, 0.29) is 42.2 Å². The van der Waals surface area contributed by atoms with E-state index in [2.05, 4.69) is 5.32 Å². The normalized spacial score (nSPS) is 31.6. The minimum absolute atomic E-state index is 0.0608. The number of imide groups is 1. The largest absolute Gasteiger partial charge is 0.376 e. The van der Waals surface area contributed by atoms with Crippen LogP contribution in [-0.2, 0) is 19.1 Å². The first kappa shape index (κ1) is 14.3. The summed E-state index contributed by atoms with van der Waals surface area (Å²) in [4.78, 5) is 37.5. The van der Waals surface area contributed by atoms with Crippen molar-refractivity contribution in [2.45, 2.75) is 31.8 Å². The number of ether oxygens (including phenoxy) is 1. The molecule has 0 spiro atoms. The molecule has 2 fully saturated rings. The summed E-state index contributed by atoms with van der Waals surface area (Å²) in [5, 5.41) is 2.75. The van der Waals surface area contributed by atoms with Gasteiger partial charge in [-0.25, -0.2) is 0 Å². The van der Waals surface area contributed by atoms with E-state index in [9.17, 15) is 14.4 Å². The Labute approximate surface area is 123 Å². The highest BCUT2D eigenvalue weighted by Gasteiger charge is 2.47. The third-order valence-corrected chi connectivity index (χ3v) is 4.45. The molecular weight excluding hydrogens is 272 g/mol. The molecule has 0 bridgehead atoms. The zero-order valence-electron chi connectivity index (χ0n) is 11.9. The lowest BCUT2D eigenvalue weighted by molar-refractivity contribution is -0.143. The fourth-order valence-electron chi connectivity index (χ4n) is 3.26. The Morgan fingerprint density at radius 1 is 1.24 bits per heavy atom. The second kappa shape index (κ2) is 5.97. The Kier molecular flexibility index (Phi) is 4.05. The summed E-state index contributed by atoms with van der Waals surface area (Å²) in [5.41, 5.74) is 0. The van der Waals surface area contributed by atoms with Gasteiger partial charge in [0.2, 0.25) is 17.7 Å². The van der Waals surface area contributed by atoms with Gasteiger partial charge < -0.3 is 10.1 Å². The maximum Gasteiger partial charge on any atom is 0.240 e. The topological polar surface area (TPSA) is 75.7 Å². The van der Waals surface area contributed by atoms with Gasteiger partial charge in [-0.05, 0) is 25.7 Å². The molecule has 3 amide bonds. The first-order valence-electron chi connectivity index (χ1n) is 7.55. The molecule has 1 N–H and O–H groups in total. The number of fused-ring (bicyclic) bond motifs is 1. The summed E-state index contributed by atoms with van der Waals surface area (Å²) in [6, 6.07) is 0. The molecule has 2 heterocycles. The molecule has 1 aliphatic carbocycles. The van der Waals surface area contributed by atoms with Crippen molar-refractivity contribution < 1.29 is 19.1 Å². The van der Waals surface area contributed by atoms with E-state index in [4.69, 9.17) is 4.74 Å². The molecule has 0 aromatic heterocycles. The summed E-state index contributed by atoms with van der Waals surface area (Å²) in [5.74, 6) is -1.25. The van der Waals surface area contributed by atoms with Crippen LogP contribution in [0.25, 0.3) is 0 Å². The van der Waals surface area contributed by atoms with Gasteiger partial charge in [0.05, 0.1) is 17.9 Å². The summed E-state index contributed by atoms with van der Waals surface area (Å²) >= 11 is 0. The second-order valence-electron chi connectivity index (χ2n) is 5.86. The van der Waals surface area contributed by atoms with Crippen molar-refractivity contribution in [3.05, 3.63) is 12.2 Å². The number of rotatable bonds is 4. The Bertz CT molecular complexity index is 456. The van der Waals surface area contributed by atoms with Crippen molar-refractivity contribution in [2.24, 2.45) is 11.8 Å². The monoisotopic (exact) mass is 292 g/mol. The van der Waals surface area contributed by atoms with Crippen LogP contribution in [0.15, 0.2) is 12.2 Å². The van der Waals surface area contributed by atoms with Crippen molar-refractivity contribution in [3.63, 3.8) is 0 Å². The van der Waals surface area contributed by atoms with E-state index in [0.717, 1.165) is 24.3 Å². The van der Waals surface area contributed by atoms with Gasteiger partial charge in [0.25, 0.3) is 0 Å². The SMILES string of the molecule is O=C(CN1C(=O)[C@H]2CC=CC[C@H]2C1=O)NC[C@H]1CCCO1. The van der Waals surface area contributed by atoms with Crippen LogP contribution in [0.4, 0.5) is 0 Å². The lowest BCUT2D eigenvalue weighted by atomic mass is 9.85. The van der Waals surface area contributed by atoms with Crippen molar-refractivity contribution in [2.75, 3.05) is 19.7 Å². The van der Waals surface area contributed by atoms with Gasteiger partial charge in [-0.15, -0.1) is 0 Å². The molecule has 3 atom stereocenters. The van der Waals surface area contributed by atoms with Crippen LogP contribution in [-0.4, -0.2) is 48.4 Å². The highest BCUT2D eigenvalue weighted by atomic mass is 16.5. The fraction of sp³-hybridized carbons (Fsp3) is 0.667. The van der Waals surface area contributed by atoms with Crippen LogP contribution in [0.3, 0.4) is 0 Å². The standard InChI is InChI=1S/C15H20N2O4/c18-13(16-8-10-4-3-7-21-10)9-17-14(19)11-5-1-2-6-12(11)15(17)20/h1-2,10-12H,3-9H2,(H,16,18)/t10-,11-,12+/m1/s1. The maximum atomic E-state index is 12.2. The third kappa shape index (κ3) is 2.85. The molecule has 6 nitrogen and oxygen atoms in total. The molecule has 3 aliphatic rings. The van der Waals surface area contributed by atoms with Crippen LogP contribution >= 0.6 is 0 Å². The van der Waals surface area contributed by atoms with Gasteiger partial charge >= 0.3 is 0 Å². The molecule has 3 rings (SSSR count). The molecule has 0 aromatic rings. The highest BCUT2D eigenvalue weighted by Crippen LogP contribution is 2.34. The van der Waals surface area contributed by atoms with Crippen molar-refractivity contribution in [1.29, 1.82) is 0 Å². The second-order valence-corrected chi connectivity index (χ2v) is 5.86. The Morgan fingerprint density at radius 2 is 1.90 bits per heavy atom. The van der Waals surface area contributed by atoms with Gasteiger partial charge in [0.15, 0.2) is 0 Å². The molecule has 2 saturated heterocycles. The Hall–Kier alpha value is -1.69. The number of hydrogen-bond acceptors (Lipinski definition) is 4. The fourth-order valence-corrected chi connectivity index (χ4v) is 3.26. The van der Waals surface area contributed by atoms with Gasteiger partial charge in [-0.2, -0.15) is 0 Å². The Morgan fingerprint density at radius 3 is 2.48 bits per heavy atom. The van der Waals surface area contributed by atoms with E-state index in [1.54, 1.807) is 0 Å². The number of nitrogens with one attached hydrogen (secondary N) is 1. The summed E-state index contributed by atoms with van der Waals surface area (Å²) < 4.78 is 5.42. The smallest absolute Gasteiger partial charge is 0.240 e. The quantitative estimate of drug-likeness (QED) is 0.594. The van der Waals surface area contributed by atoms with Crippen molar-refractivity contribution in [1.82, 2.24) is 10.2 Å². The predicted molar refractivity (Wildman–Crippen MR) is 74.1 cm³/mol. The lowest BCUT2D eigenvalue weighted by Crippen LogP contribution is -2.42. The molecule has 6 heteroatoms. The molecule has 21 heavy (non-hydrogen) atoms. The van der Waals surface area contributed by atoms with Crippen LogP contribution in [0, 0.1) is 11.8 Å². The van der Waals surface area contributed by atoms with E-state index in [0.29, 0.717) is 19.4 Å². The maximum absolute atomic E-state index is 12.2. The average Bonchev–Trinajstić information content (AvgIpc) is 3.09. The lowest BCUT2D eigenvalue weighted by Gasteiger charge is -2.16. The number of nitrogens with zero attached hydrogens (tertiary/aromatic N) is 1. The van der Waals surface area contributed by atoms with Crippen LogP contribution in [0.5, 0.6) is 0 Å². The summed E-state index contributed by atoms with van der Waals surface area (Å²) in [6.07, 6.45) is 7.09. The Balaban J connectivity index is 1.53. The summed E-state index contributed by atoms with van der Waals surface area (Å²) in [6.45, 7) is 1.01. The molecule has 114 valence electrons. The number of carbonyl (C=O) groups excluding carboxylic acids is 3. The molecule has 0 saturated carbocycles. The minimum atomic E-state index is -0.293. The molecule has 0 aromatic carbocycles. The van der Waals surface area contributed by atoms with E-state index in [1.807, 2.05) is 12.2 Å². The predicted octanol–water partition coefficient (Wildman–Crippen LogP) is 0.233. The summed E-state index contributed by atoms with van der Waals surface area (Å²) in [7, 11) is 0. The molecular formula is C15H20N2O4. The number of allylic oxidation sites excluding steroid dienone is 2. The van der Waals surface area contributed by atoms with Crippen LogP contribution in [0.2, 0.25) is 0 Å². The molecule has 2 aliphatic heterocycles. The van der Waals surface area contributed by atoms with Gasteiger partial charge in [-0.1, -0.05) is 12.2 Å². The zero-order valence-corrected chi connectivity index (χ0v) is 11.9. The van der Waals surface area contributed by atoms with Gasteiger partial charge in [0.1, 0.15) is 6.54 Å². The minimum Gasteiger partial charge on any atom is -0.376 e. The number of carbonyl (C=O) groups is 3. The van der Waals surface area contributed by atoms with Gasteiger partial charge in [-0.3, -0.25) is 19.3 Å². The average molecular weight is 292 g/mol. The number of amides is 3. The molecule has 0 radical (unpaired) electrons. The van der Waals surface area contributed by atoms with E-state index >= 15 is 0 Å².